The van der Waals surface area contributed by atoms with Crippen LogP contribution in [0.3, 0.4) is 0 Å². The van der Waals surface area contributed by atoms with Gasteiger partial charge in [-0.05, 0) is 19.3 Å². The lowest BCUT2D eigenvalue weighted by molar-refractivity contribution is -0.122. The number of aliphatic hydroxyl groups is 2. The number of hydrogen-bond acceptors (Lipinski definition) is 3. The summed E-state index contributed by atoms with van der Waals surface area (Å²) >= 11 is 0. The van der Waals surface area contributed by atoms with Crippen LogP contribution in [0.5, 0.6) is 0 Å². The monoisotopic (exact) mass is 341 g/mol. The minimum Gasteiger partial charge on any atom is -0.394 e. The minimum absolute atomic E-state index is 0.105. The molecule has 1 amide bonds. The van der Waals surface area contributed by atoms with Crippen molar-refractivity contribution < 1.29 is 15.0 Å². The van der Waals surface area contributed by atoms with Gasteiger partial charge < -0.3 is 15.5 Å². The maximum atomic E-state index is 11.7. The summed E-state index contributed by atoms with van der Waals surface area (Å²) in [6.45, 7) is 4.01. The van der Waals surface area contributed by atoms with Crippen molar-refractivity contribution in [3.63, 3.8) is 0 Å². The summed E-state index contributed by atoms with van der Waals surface area (Å²) in [5.41, 5.74) is 0. The Balaban J connectivity index is 3.76. The van der Waals surface area contributed by atoms with Crippen LogP contribution in [0.1, 0.15) is 90.9 Å². The highest BCUT2D eigenvalue weighted by Crippen LogP contribution is 2.10. The summed E-state index contributed by atoms with van der Waals surface area (Å²) in [5, 5.41) is 22.1. The zero-order valence-electron chi connectivity index (χ0n) is 15.8. The second-order valence-electron chi connectivity index (χ2n) is 6.64. The molecule has 0 heterocycles. The standard InChI is InChI=1S/C20H39NO3/c1-3-5-7-8-9-10-11-12-13-14-15-19(23)18(17-22)21-20(24)16-6-4-2/h14-15,18-19,22-23H,3-13,16-17H2,1-2H3,(H,21,24)/b15-14+. The molecule has 0 radical (unpaired) electrons. The van der Waals surface area contributed by atoms with Crippen LogP contribution in [0.2, 0.25) is 0 Å². The van der Waals surface area contributed by atoms with E-state index in [1.165, 1.54) is 44.9 Å². The molecular formula is C20H39NO3. The molecular weight excluding hydrogens is 302 g/mol. The lowest BCUT2D eigenvalue weighted by Gasteiger charge is -2.19. The molecule has 0 aromatic rings. The lowest BCUT2D eigenvalue weighted by atomic mass is 10.1. The second kappa shape index (κ2) is 17.0. The van der Waals surface area contributed by atoms with E-state index in [1.807, 2.05) is 13.0 Å². The van der Waals surface area contributed by atoms with Gasteiger partial charge in [0.25, 0.3) is 0 Å². The van der Waals surface area contributed by atoms with E-state index in [1.54, 1.807) is 6.08 Å². The van der Waals surface area contributed by atoms with E-state index in [9.17, 15) is 15.0 Å². The first-order chi connectivity index (χ1) is 11.7. The van der Waals surface area contributed by atoms with Gasteiger partial charge in [0, 0.05) is 6.42 Å². The van der Waals surface area contributed by atoms with E-state index in [0.29, 0.717) is 6.42 Å². The van der Waals surface area contributed by atoms with Crippen LogP contribution >= 0.6 is 0 Å². The highest BCUT2D eigenvalue weighted by atomic mass is 16.3. The van der Waals surface area contributed by atoms with Gasteiger partial charge in [-0.15, -0.1) is 0 Å². The Hall–Kier alpha value is -0.870. The van der Waals surface area contributed by atoms with Crippen LogP contribution in [-0.4, -0.2) is 34.9 Å². The van der Waals surface area contributed by atoms with Gasteiger partial charge in [0.15, 0.2) is 0 Å². The topological polar surface area (TPSA) is 69.6 Å². The SMILES string of the molecule is CCCCCCCCCC/C=C/C(O)C(CO)NC(=O)CCCC. The number of rotatable bonds is 16. The van der Waals surface area contributed by atoms with Crippen molar-refractivity contribution in [3.8, 4) is 0 Å². The summed E-state index contributed by atoms with van der Waals surface area (Å²) in [6.07, 6.45) is 16.3. The first-order valence-electron chi connectivity index (χ1n) is 9.90. The third kappa shape index (κ3) is 13.6. The number of nitrogens with one attached hydrogen (secondary N) is 1. The molecule has 0 aliphatic heterocycles. The van der Waals surface area contributed by atoms with E-state index in [-0.39, 0.29) is 12.5 Å². The van der Waals surface area contributed by atoms with Gasteiger partial charge in [-0.1, -0.05) is 77.4 Å². The molecule has 0 fully saturated rings. The minimum atomic E-state index is -0.824. The summed E-state index contributed by atoms with van der Waals surface area (Å²) in [5.74, 6) is -0.105. The summed E-state index contributed by atoms with van der Waals surface area (Å²) in [4.78, 5) is 11.7. The smallest absolute Gasteiger partial charge is 0.220 e. The highest BCUT2D eigenvalue weighted by Gasteiger charge is 2.17. The van der Waals surface area contributed by atoms with Crippen molar-refractivity contribution in [1.29, 1.82) is 0 Å². The Kier molecular flexibility index (Phi) is 16.4. The number of aliphatic hydroxyl groups excluding tert-OH is 2. The van der Waals surface area contributed by atoms with Crippen LogP contribution in [0, 0.1) is 0 Å². The van der Waals surface area contributed by atoms with Gasteiger partial charge in [0.1, 0.15) is 0 Å². The molecule has 0 aromatic carbocycles. The van der Waals surface area contributed by atoms with E-state index >= 15 is 0 Å². The van der Waals surface area contributed by atoms with Crippen LogP contribution in [-0.2, 0) is 4.79 Å². The number of hydrogen-bond donors (Lipinski definition) is 3. The van der Waals surface area contributed by atoms with Crippen molar-refractivity contribution in [3.05, 3.63) is 12.2 Å². The predicted octanol–water partition coefficient (Wildman–Crippen LogP) is 4.10. The molecule has 2 unspecified atom stereocenters. The molecule has 2 atom stereocenters. The van der Waals surface area contributed by atoms with Crippen molar-refractivity contribution in [2.75, 3.05) is 6.61 Å². The summed E-state index contributed by atoms with van der Waals surface area (Å²) < 4.78 is 0. The molecule has 4 nitrogen and oxygen atoms in total. The molecule has 4 heteroatoms. The van der Waals surface area contributed by atoms with Gasteiger partial charge in [-0.2, -0.15) is 0 Å². The molecule has 142 valence electrons. The zero-order valence-corrected chi connectivity index (χ0v) is 15.8. The van der Waals surface area contributed by atoms with Crippen LogP contribution in [0.15, 0.2) is 12.2 Å². The number of carbonyl (C=O) groups excluding carboxylic acids is 1. The average molecular weight is 342 g/mol. The molecule has 0 aliphatic rings. The Morgan fingerprint density at radius 3 is 2.12 bits per heavy atom. The van der Waals surface area contributed by atoms with Crippen LogP contribution in [0.4, 0.5) is 0 Å². The number of carbonyl (C=O) groups is 1. The molecule has 0 saturated carbocycles. The lowest BCUT2D eigenvalue weighted by Crippen LogP contribution is -2.45. The third-order valence-electron chi connectivity index (χ3n) is 4.27. The van der Waals surface area contributed by atoms with Gasteiger partial charge in [-0.3, -0.25) is 4.79 Å². The summed E-state index contributed by atoms with van der Waals surface area (Å²) in [7, 11) is 0. The van der Waals surface area contributed by atoms with E-state index < -0.39 is 12.1 Å². The summed E-state index contributed by atoms with van der Waals surface area (Å²) in [6, 6.07) is -0.607. The first-order valence-corrected chi connectivity index (χ1v) is 9.90. The van der Waals surface area contributed by atoms with Crippen molar-refractivity contribution in [1.82, 2.24) is 5.32 Å². The number of allylic oxidation sites excluding steroid dienone is 1. The van der Waals surface area contributed by atoms with E-state index in [2.05, 4.69) is 12.2 Å². The van der Waals surface area contributed by atoms with E-state index in [0.717, 1.165) is 25.7 Å². The van der Waals surface area contributed by atoms with Crippen LogP contribution in [0.25, 0.3) is 0 Å². The first kappa shape index (κ1) is 23.1. The van der Waals surface area contributed by atoms with Gasteiger partial charge in [-0.25, -0.2) is 0 Å². The Labute approximate surface area is 148 Å². The fraction of sp³-hybridized carbons (Fsp3) is 0.850. The van der Waals surface area contributed by atoms with Crippen molar-refractivity contribution >= 4 is 5.91 Å². The number of unbranched alkanes of at least 4 members (excludes halogenated alkanes) is 9. The molecule has 3 N–H and O–H groups in total. The molecule has 0 rings (SSSR count). The van der Waals surface area contributed by atoms with Gasteiger partial charge >= 0.3 is 0 Å². The van der Waals surface area contributed by atoms with E-state index in [4.69, 9.17) is 0 Å². The third-order valence-corrected chi connectivity index (χ3v) is 4.27. The predicted molar refractivity (Wildman–Crippen MR) is 101 cm³/mol. The van der Waals surface area contributed by atoms with Crippen molar-refractivity contribution in [2.24, 2.45) is 0 Å². The molecule has 0 bridgehead atoms. The maximum absolute atomic E-state index is 11.7. The zero-order chi connectivity index (χ0) is 18.0. The Morgan fingerprint density at radius 2 is 1.54 bits per heavy atom. The Bertz CT molecular complexity index is 318. The van der Waals surface area contributed by atoms with Crippen molar-refractivity contribution in [2.45, 2.75) is 103 Å². The average Bonchev–Trinajstić information content (AvgIpc) is 2.59. The van der Waals surface area contributed by atoms with Gasteiger partial charge in [0.05, 0.1) is 18.8 Å². The normalized spacial score (nSPS) is 14.0. The molecule has 0 saturated heterocycles. The molecule has 24 heavy (non-hydrogen) atoms. The quantitative estimate of drug-likeness (QED) is 0.292. The molecule has 0 aromatic heterocycles. The fourth-order valence-corrected chi connectivity index (χ4v) is 2.62. The van der Waals surface area contributed by atoms with Gasteiger partial charge in [0.2, 0.25) is 5.91 Å². The fourth-order valence-electron chi connectivity index (χ4n) is 2.62. The number of amides is 1. The largest absolute Gasteiger partial charge is 0.394 e. The van der Waals surface area contributed by atoms with Crippen LogP contribution < -0.4 is 5.32 Å². The highest BCUT2D eigenvalue weighted by molar-refractivity contribution is 5.76. The second-order valence-corrected chi connectivity index (χ2v) is 6.64. The molecule has 0 aliphatic carbocycles. The maximum Gasteiger partial charge on any atom is 0.220 e. The Morgan fingerprint density at radius 1 is 0.958 bits per heavy atom. The molecule has 0 spiro atoms.